The van der Waals surface area contributed by atoms with Crippen molar-refractivity contribution in [3.8, 4) is 22.6 Å². The fourth-order valence-corrected chi connectivity index (χ4v) is 4.23. The van der Waals surface area contributed by atoms with Gasteiger partial charge in [-0.2, -0.15) is 0 Å². The molecule has 0 spiro atoms. The number of hydrogen-bond acceptors (Lipinski definition) is 2. The van der Waals surface area contributed by atoms with Crippen molar-refractivity contribution in [2.75, 3.05) is 11.4 Å². The Morgan fingerprint density at radius 1 is 0.962 bits per heavy atom. The molecular formula is C22H19Br2NO. The maximum atomic E-state index is 6.34. The van der Waals surface area contributed by atoms with E-state index in [0.717, 1.165) is 51.2 Å². The molecule has 0 radical (unpaired) electrons. The molecule has 0 saturated heterocycles. The SMILES string of the molecule is CCCCN1c2cccc(Br)c2Oc2cc(Br)cc(-c3ccccc3)c21. The predicted octanol–water partition coefficient (Wildman–Crippen LogP) is 7.92. The van der Waals surface area contributed by atoms with Gasteiger partial charge in [0.05, 0.1) is 15.8 Å². The average Bonchev–Trinajstić information content (AvgIpc) is 2.66. The van der Waals surface area contributed by atoms with Crippen LogP contribution in [0.4, 0.5) is 11.4 Å². The maximum absolute atomic E-state index is 6.34. The third-order valence-corrected chi connectivity index (χ3v) is 5.66. The van der Waals surface area contributed by atoms with E-state index >= 15 is 0 Å². The minimum atomic E-state index is 0.883. The molecule has 1 aliphatic heterocycles. The van der Waals surface area contributed by atoms with Crippen LogP contribution in [0.5, 0.6) is 11.5 Å². The largest absolute Gasteiger partial charge is 0.452 e. The van der Waals surface area contributed by atoms with E-state index in [2.05, 4.69) is 92.2 Å². The summed E-state index contributed by atoms with van der Waals surface area (Å²) in [5.74, 6) is 1.77. The molecule has 132 valence electrons. The van der Waals surface area contributed by atoms with Crippen LogP contribution in [0.2, 0.25) is 0 Å². The van der Waals surface area contributed by atoms with Crippen molar-refractivity contribution in [2.45, 2.75) is 19.8 Å². The standard InChI is InChI=1S/C22H19Br2NO/c1-2-3-12-25-19-11-7-10-18(24)22(19)26-20-14-16(23)13-17(21(20)25)15-8-5-4-6-9-15/h4-11,13-14H,2-3,12H2,1H3. The number of benzene rings is 3. The normalized spacial score (nSPS) is 12.3. The summed E-state index contributed by atoms with van der Waals surface area (Å²) in [4.78, 5) is 2.40. The molecule has 0 aliphatic carbocycles. The van der Waals surface area contributed by atoms with E-state index < -0.39 is 0 Å². The minimum absolute atomic E-state index is 0.883. The van der Waals surface area contributed by atoms with Crippen LogP contribution in [-0.4, -0.2) is 6.54 Å². The second-order valence-corrected chi connectivity index (χ2v) is 8.13. The summed E-state index contributed by atoms with van der Waals surface area (Å²) in [5, 5.41) is 0. The number of fused-ring (bicyclic) bond motifs is 2. The molecule has 4 heteroatoms. The van der Waals surface area contributed by atoms with Crippen molar-refractivity contribution in [1.82, 2.24) is 0 Å². The summed E-state index contributed by atoms with van der Waals surface area (Å²) in [6.45, 7) is 3.18. The highest BCUT2D eigenvalue weighted by Crippen LogP contribution is 2.53. The third kappa shape index (κ3) is 3.17. The van der Waals surface area contributed by atoms with Gasteiger partial charge in [0, 0.05) is 16.6 Å². The van der Waals surface area contributed by atoms with Crippen LogP contribution in [-0.2, 0) is 0 Å². The first-order valence-corrected chi connectivity index (χ1v) is 10.4. The maximum Gasteiger partial charge on any atom is 0.165 e. The monoisotopic (exact) mass is 471 g/mol. The summed E-state index contributed by atoms with van der Waals surface area (Å²) in [6.07, 6.45) is 2.27. The van der Waals surface area contributed by atoms with Crippen molar-refractivity contribution in [3.05, 3.63) is 69.6 Å². The zero-order valence-corrected chi connectivity index (χ0v) is 17.7. The number of unbranched alkanes of at least 4 members (excludes halogenated alkanes) is 1. The van der Waals surface area contributed by atoms with E-state index in [9.17, 15) is 0 Å². The fraction of sp³-hybridized carbons (Fsp3) is 0.182. The van der Waals surface area contributed by atoms with Gasteiger partial charge in [0.2, 0.25) is 0 Å². The molecule has 0 aromatic heterocycles. The van der Waals surface area contributed by atoms with Gasteiger partial charge in [0.1, 0.15) is 0 Å². The van der Waals surface area contributed by atoms with Gasteiger partial charge in [0.25, 0.3) is 0 Å². The predicted molar refractivity (Wildman–Crippen MR) is 116 cm³/mol. The number of ether oxygens (including phenoxy) is 1. The molecule has 26 heavy (non-hydrogen) atoms. The highest BCUT2D eigenvalue weighted by molar-refractivity contribution is 9.10. The first-order chi connectivity index (χ1) is 12.7. The van der Waals surface area contributed by atoms with E-state index in [1.165, 1.54) is 11.1 Å². The summed E-state index contributed by atoms with van der Waals surface area (Å²) in [5.41, 5.74) is 4.61. The van der Waals surface area contributed by atoms with Gasteiger partial charge in [-0.3, -0.25) is 0 Å². The van der Waals surface area contributed by atoms with Crippen LogP contribution in [0.3, 0.4) is 0 Å². The van der Waals surface area contributed by atoms with Crippen molar-refractivity contribution >= 4 is 43.2 Å². The molecule has 1 aliphatic rings. The lowest BCUT2D eigenvalue weighted by molar-refractivity contribution is 0.469. The Morgan fingerprint density at radius 2 is 1.77 bits per heavy atom. The van der Waals surface area contributed by atoms with E-state index in [-0.39, 0.29) is 0 Å². The average molecular weight is 473 g/mol. The Hall–Kier alpha value is -1.78. The first kappa shape index (κ1) is 17.6. The van der Waals surface area contributed by atoms with E-state index in [1.807, 2.05) is 12.1 Å². The van der Waals surface area contributed by atoms with Gasteiger partial charge in [-0.05, 0) is 52.2 Å². The molecule has 1 heterocycles. The Balaban J connectivity index is 1.95. The fourth-order valence-electron chi connectivity index (χ4n) is 3.36. The van der Waals surface area contributed by atoms with Crippen molar-refractivity contribution < 1.29 is 4.74 Å². The molecule has 0 bridgehead atoms. The number of halogens is 2. The molecule has 3 aromatic rings. The van der Waals surface area contributed by atoms with Gasteiger partial charge in [-0.1, -0.05) is 65.7 Å². The van der Waals surface area contributed by atoms with Gasteiger partial charge in [-0.25, -0.2) is 0 Å². The zero-order chi connectivity index (χ0) is 18.1. The van der Waals surface area contributed by atoms with Crippen LogP contribution in [0.1, 0.15) is 19.8 Å². The highest BCUT2D eigenvalue weighted by atomic mass is 79.9. The molecule has 0 unspecified atom stereocenters. The quantitative estimate of drug-likeness (QED) is 0.382. The van der Waals surface area contributed by atoms with Crippen molar-refractivity contribution in [3.63, 3.8) is 0 Å². The summed E-state index contributed by atoms with van der Waals surface area (Å²) >= 11 is 7.31. The molecule has 3 aromatic carbocycles. The van der Waals surface area contributed by atoms with E-state index in [0.29, 0.717) is 0 Å². The highest BCUT2D eigenvalue weighted by Gasteiger charge is 2.29. The number of rotatable bonds is 4. The zero-order valence-electron chi connectivity index (χ0n) is 14.5. The summed E-state index contributed by atoms with van der Waals surface area (Å²) in [6, 6.07) is 21.0. The lowest BCUT2D eigenvalue weighted by Gasteiger charge is -2.35. The van der Waals surface area contributed by atoms with Crippen LogP contribution < -0.4 is 9.64 Å². The van der Waals surface area contributed by atoms with Gasteiger partial charge in [0.15, 0.2) is 11.5 Å². The van der Waals surface area contributed by atoms with Gasteiger partial charge >= 0.3 is 0 Å². The molecule has 0 N–H and O–H groups in total. The Labute approximate surface area is 171 Å². The van der Waals surface area contributed by atoms with Gasteiger partial charge in [-0.15, -0.1) is 0 Å². The second kappa shape index (κ2) is 7.45. The molecule has 4 rings (SSSR count). The molecule has 0 saturated carbocycles. The minimum Gasteiger partial charge on any atom is -0.452 e. The number of nitrogens with zero attached hydrogens (tertiary/aromatic N) is 1. The van der Waals surface area contributed by atoms with Crippen LogP contribution >= 0.6 is 31.9 Å². The lowest BCUT2D eigenvalue weighted by Crippen LogP contribution is -2.23. The Bertz CT molecular complexity index is 940. The molecule has 0 fully saturated rings. The van der Waals surface area contributed by atoms with E-state index in [1.54, 1.807) is 0 Å². The number of hydrogen-bond donors (Lipinski definition) is 0. The molecule has 0 amide bonds. The van der Waals surface area contributed by atoms with Gasteiger partial charge < -0.3 is 9.64 Å². The van der Waals surface area contributed by atoms with Crippen molar-refractivity contribution in [1.29, 1.82) is 0 Å². The Kier molecular flexibility index (Phi) is 5.05. The molecule has 0 atom stereocenters. The topological polar surface area (TPSA) is 12.5 Å². The summed E-state index contributed by atoms with van der Waals surface area (Å²) < 4.78 is 8.33. The smallest absolute Gasteiger partial charge is 0.165 e. The Morgan fingerprint density at radius 3 is 2.54 bits per heavy atom. The molecule has 2 nitrogen and oxygen atoms in total. The van der Waals surface area contributed by atoms with Crippen LogP contribution in [0.15, 0.2) is 69.6 Å². The third-order valence-electron chi connectivity index (χ3n) is 4.58. The molecular weight excluding hydrogens is 454 g/mol. The lowest BCUT2D eigenvalue weighted by atomic mass is 10.00. The van der Waals surface area contributed by atoms with Crippen LogP contribution in [0, 0.1) is 0 Å². The van der Waals surface area contributed by atoms with Crippen LogP contribution in [0.25, 0.3) is 11.1 Å². The first-order valence-electron chi connectivity index (χ1n) is 8.82. The van der Waals surface area contributed by atoms with E-state index in [4.69, 9.17) is 4.74 Å². The number of para-hydroxylation sites is 1. The van der Waals surface area contributed by atoms with Crippen molar-refractivity contribution in [2.24, 2.45) is 0 Å². The number of anilines is 2. The second-order valence-electron chi connectivity index (χ2n) is 6.36. The summed E-state index contributed by atoms with van der Waals surface area (Å²) in [7, 11) is 0.